The Hall–Kier alpha value is -4.26. The van der Waals surface area contributed by atoms with Gasteiger partial charge >= 0.3 is 5.91 Å². The average Bonchev–Trinajstić information content (AvgIpc) is 3.51. The highest BCUT2D eigenvalue weighted by molar-refractivity contribution is 6.02. The van der Waals surface area contributed by atoms with E-state index < -0.39 is 5.91 Å². The van der Waals surface area contributed by atoms with Crippen molar-refractivity contribution in [2.24, 2.45) is 10.2 Å². The molecule has 0 saturated carbocycles. The number of H-pyrrole nitrogens is 2. The number of rotatable bonds is 3. The summed E-state index contributed by atoms with van der Waals surface area (Å²) in [5.41, 5.74) is 5.56. The first-order valence-electron chi connectivity index (χ1n) is 10.0. The number of aromatic hydroxyl groups is 1. The molecule has 0 unspecified atom stereocenters. The zero-order chi connectivity index (χ0) is 20.9. The summed E-state index contributed by atoms with van der Waals surface area (Å²) in [5.74, 6) is -0.690. The monoisotopic (exact) mass is 407 g/mol. The number of carbonyl (C=O) groups excluding carboxylic acids is 1. The van der Waals surface area contributed by atoms with Gasteiger partial charge in [-0.25, -0.2) is 0 Å². The first-order chi connectivity index (χ1) is 15.2. The van der Waals surface area contributed by atoms with Gasteiger partial charge in [-0.2, -0.15) is 5.10 Å². The van der Waals surface area contributed by atoms with Gasteiger partial charge in [0, 0.05) is 10.9 Å². The van der Waals surface area contributed by atoms with Crippen LogP contribution < -0.4 is 0 Å². The van der Waals surface area contributed by atoms with Gasteiger partial charge in [-0.05, 0) is 46.9 Å². The number of hydrogen-bond acceptors (Lipinski definition) is 4. The second-order valence-electron chi connectivity index (χ2n) is 7.65. The molecular weight excluding hydrogens is 390 g/mol. The van der Waals surface area contributed by atoms with E-state index in [2.05, 4.69) is 55.7 Å². The van der Waals surface area contributed by atoms with Crippen LogP contribution in [-0.2, 0) is 12.8 Å². The van der Waals surface area contributed by atoms with Gasteiger partial charge in [-0.3, -0.25) is 9.89 Å². The molecule has 1 aliphatic carbocycles. The molecule has 2 aromatic heterocycles. The van der Waals surface area contributed by atoms with Crippen LogP contribution in [0.1, 0.15) is 21.6 Å². The lowest BCUT2D eigenvalue weighted by Crippen LogP contribution is -1.93. The standard InChI is InChI=1S/C24H17N5O2/c30-23(29-28-22-17-5-1-2-7-18(17)25-24(22)31)20-12-19(26-27-20)15-11-10-14-9-8-13-4-3-6-16(15)21(13)14/h1-7,10-12,25,31H,8-9H2,(H,26,27). The van der Waals surface area contributed by atoms with E-state index in [1.165, 1.54) is 16.5 Å². The Kier molecular flexibility index (Phi) is 3.76. The molecule has 0 spiro atoms. The first-order valence-corrected chi connectivity index (χ1v) is 10.0. The molecule has 2 heterocycles. The predicted octanol–water partition coefficient (Wildman–Crippen LogP) is 5.44. The highest BCUT2D eigenvalue weighted by Crippen LogP contribution is 2.37. The van der Waals surface area contributed by atoms with E-state index in [1.54, 1.807) is 12.1 Å². The highest BCUT2D eigenvalue weighted by atomic mass is 16.3. The molecule has 0 saturated heterocycles. The molecule has 0 aliphatic heterocycles. The average molecular weight is 407 g/mol. The summed E-state index contributed by atoms with van der Waals surface area (Å²) < 4.78 is 0. The maximum absolute atomic E-state index is 12.6. The topological polar surface area (TPSA) is 106 Å². The summed E-state index contributed by atoms with van der Waals surface area (Å²) >= 11 is 0. The number of carbonyl (C=O) groups is 1. The molecule has 5 aromatic rings. The number of aromatic nitrogens is 3. The minimum absolute atomic E-state index is 0.129. The molecule has 0 atom stereocenters. The van der Waals surface area contributed by atoms with Crippen molar-refractivity contribution in [2.75, 3.05) is 0 Å². The maximum Gasteiger partial charge on any atom is 0.313 e. The van der Waals surface area contributed by atoms with Crippen LogP contribution in [0.2, 0.25) is 0 Å². The van der Waals surface area contributed by atoms with Crippen LogP contribution in [0.4, 0.5) is 5.69 Å². The van der Waals surface area contributed by atoms with Crippen LogP contribution in [0.5, 0.6) is 5.88 Å². The molecule has 0 radical (unpaired) electrons. The molecule has 6 rings (SSSR count). The Morgan fingerprint density at radius 3 is 2.68 bits per heavy atom. The van der Waals surface area contributed by atoms with Gasteiger partial charge in [0.2, 0.25) is 5.88 Å². The van der Waals surface area contributed by atoms with Crippen LogP contribution in [0.3, 0.4) is 0 Å². The third-order valence-electron chi connectivity index (χ3n) is 5.86. The molecule has 7 heteroatoms. The quantitative estimate of drug-likeness (QED) is 0.347. The second-order valence-corrected chi connectivity index (χ2v) is 7.65. The van der Waals surface area contributed by atoms with Crippen molar-refractivity contribution in [2.45, 2.75) is 12.8 Å². The highest BCUT2D eigenvalue weighted by Gasteiger charge is 2.19. The van der Waals surface area contributed by atoms with Crippen molar-refractivity contribution >= 4 is 33.3 Å². The number of aryl methyl sites for hydroxylation is 2. The zero-order valence-corrected chi connectivity index (χ0v) is 16.4. The van der Waals surface area contributed by atoms with E-state index in [0.717, 1.165) is 29.3 Å². The molecule has 3 aromatic carbocycles. The van der Waals surface area contributed by atoms with Crippen LogP contribution >= 0.6 is 0 Å². The number of hydrogen-bond donors (Lipinski definition) is 3. The van der Waals surface area contributed by atoms with E-state index in [1.807, 2.05) is 18.2 Å². The molecule has 3 N–H and O–H groups in total. The smallest absolute Gasteiger partial charge is 0.313 e. The van der Waals surface area contributed by atoms with Gasteiger partial charge in [-0.15, -0.1) is 10.2 Å². The van der Waals surface area contributed by atoms with Crippen LogP contribution in [0, 0.1) is 0 Å². The number of nitrogens with one attached hydrogen (secondary N) is 2. The molecule has 1 aliphatic rings. The first kappa shape index (κ1) is 17.6. The Morgan fingerprint density at radius 2 is 1.77 bits per heavy atom. The van der Waals surface area contributed by atoms with E-state index in [0.29, 0.717) is 11.1 Å². The molecule has 0 bridgehead atoms. The fourth-order valence-corrected chi connectivity index (χ4v) is 4.40. The number of benzene rings is 3. The minimum Gasteiger partial charge on any atom is -0.493 e. The van der Waals surface area contributed by atoms with Crippen molar-refractivity contribution in [1.82, 2.24) is 15.2 Å². The van der Waals surface area contributed by atoms with Gasteiger partial charge in [-0.1, -0.05) is 48.5 Å². The summed E-state index contributed by atoms with van der Waals surface area (Å²) in [6.45, 7) is 0. The van der Waals surface area contributed by atoms with Gasteiger partial charge < -0.3 is 10.1 Å². The normalized spacial score (nSPS) is 13.0. The zero-order valence-electron chi connectivity index (χ0n) is 16.4. The molecule has 0 fully saturated rings. The molecular formula is C24H17N5O2. The molecule has 1 amide bonds. The summed E-state index contributed by atoms with van der Waals surface area (Å²) in [6, 6.07) is 19.5. The largest absolute Gasteiger partial charge is 0.493 e. The number of azo groups is 1. The van der Waals surface area contributed by atoms with Crippen LogP contribution in [0.25, 0.3) is 32.9 Å². The van der Waals surface area contributed by atoms with Gasteiger partial charge in [0.1, 0.15) is 5.69 Å². The van der Waals surface area contributed by atoms with Crippen LogP contribution in [0.15, 0.2) is 70.9 Å². The van der Waals surface area contributed by atoms with E-state index >= 15 is 0 Å². The summed E-state index contributed by atoms with van der Waals surface area (Å²) in [7, 11) is 0. The van der Waals surface area contributed by atoms with E-state index in [-0.39, 0.29) is 17.3 Å². The molecule has 7 nitrogen and oxygen atoms in total. The van der Waals surface area contributed by atoms with Crippen molar-refractivity contribution in [3.63, 3.8) is 0 Å². The van der Waals surface area contributed by atoms with E-state index in [9.17, 15) is 9.90 Å². The lowest BCUT2D eigenvalue weighted by Gasteiger charge is -2.06. The number of nitrogens with zero attached hydrogens (tertiary/aromatic N) is 3. The van der Waals surface area contributed by atoms with Crippen LogP contribution in [-0.4, -0.2) is 26.2 Å². The fourth-order valence-electron chi connectivity index (χ4n) is 4.40. The minimum atomic E-state index is -0.561. The lowest BCUT2D eigenvalue weighted by atomic mass is 9.98. The number of amides is 1. The fraction of sp³-hybridized carbons (Fsp3) is 0.0833. The van der Waals surface area contributed by atoms with Crippen molar-refractivity contribution in [1.29, 1.82) is 0 Å². The Bertz CT molecular complexity index is 1520. The summed E-state index contributed by atoms with van der Waals surface area (Å²) in [6.07, 6.45) is 2.11. The van der Waals surface area contributed by atoms with Crippen molar-refractivity contribution < 1.29 is 9.90 Å². The Labute approximate surface area is 176 Å². The molecule has 31 heavy (non-hydrogen) atoms. The van der Waals surface area contributed by atoms with Gasteiger partial charge in [0.15, 0.2) is 5.69 Å². The predicted molar refractivity (Wildman–Crippen MR) is 118 cm³/mol. The summed E-state index contributed by atoms with van der Waals surface area (Å²) in [5, 5.41) is 28.1. The third-order valence-corrected chi connectivity index (χ3v) is 5.86. The number of para-hydroxylation sites is 1. The third kappa shape index (κ3) is 2.74. The van der Waals surface area contributed by atoms with Crippen molar-refractivity contribution in [3.05, 3.63) is 77.5 Å². The summed E-state index contributed by atoms with van der Waals surface area (Å²) in [4.78, 5) is 15.4. The van der Waals surface area contributed by atoms with E-state index in [4.69, 9.17) is 0 Å². The Morgan fingerprint density at radius 1 is 0.968 bits per heavy atom. The SMILES string of the molecule is O=C(N=Nc1c(O)[nH]c2ccccc12)c1cc(-c2ccc3c4c(cccc24)CC3)n[nH]1. The Balaban J connectivity index is 1.34. The number of aromatic amines is 2. The van der Waals surface area contributed by atoms with Gasteiger partial charge in [0.25, 0.3) is 0 Å². The lowest BCUT2D eigenvalue weighted by molar-refractivity contribution is 0.0990. The van der Waals surface area contributed by atoms with Gasteiger partial charge in [0.05, 0.1) is 11.2 Å². The number of fused-ring (bicyclic) bond motifs is 1. The maximum atomic E-state index is 12.6. The second kappa shape index (κ2) is 6.63. The molecule has 150 valence electrons. The van der Waals surface area contributed by atoms with Crippen molar-refractivity contribution in [3.8, 4) is 17.1 Å².